The van der Waals surface area contributed by atoms with Crippen LogP contribution in [0.15, 0.2) is 28.7 Å². The van der Waals surface area contributed by atoms with Crippen LogP contribution in [-0.2, 0) is 0 Å². The molecule has 1 atom stereocenters. The summed E-state index contributed by atoms with van der Waals surface area (Å²) in [5.74, 6) is 0. The van der Waals surface area contributed by atoms with Crippen LogP contribution in [-0.4, -0.2) is 6.54 Å². The van der Waals surface area contributed by atoms with E-state index in [2.05, 4.69) is 53.3 Å². The van der Waals surface area contributed by atoms with E-state index < -0.39 is 0 Å². The average molecular weight is 228 g/mol. The minimum atomic E-state index is 0.422. The van der Waals surface area contributed by atoms with Crippen LogP contribution in [0.2, 0.25) is 0 Å². The number of hydrogen-bond donors (Lipinski definition) is 1. The lowest BCUT2D eigenvalue weighted by molar-refractivity contribution is 0.596. The molecule has 0 aromatic heterocycles. The van der Waals surface area contributed by atoms with Crippen LogP contribution in [0.1, 0.15) is 25.5 Å². The van der Waals surface area contributed by atoms with Crippen molar-refractivity contribution >= 4 is 15.9 Å². The molecule has 0 saturated carbocycles. The molecular weight excluding hydrogens is 214 g/mol. The Balaban J connectivity index is 2.79. The van der Waals surface area contributed by atoms with Gasteiger partial charge >= 0.3 is 0 Å². The highest BCUT2D eigenvalue weighted by Gasteiger charge is 2.05. The summed E-state index contributed by atoms with van der Waals surface area (Å²) in [4.78, 5) is 0. The van der Waals surface area contributed by atoms with Crippen LogP contribution in [0.5, 0.6) is 0 Å². The first-order chi connectivity index (χ1) is 5.75. The van der Waals surface area contributed by atoms with Crippen LogP contribution in [0.25, 0.3) is 0 Å². The zero-order chi connectivity index (χ0) is 8.97. The largest absolute Gasteiger partial charge is 0.310 e. The number of hydrogen-bond acceptors (Lipinski definition) is 1. The number of rotatable bonds is 3. The van der Waals surface area contributed by atoms with Gasteiger partial charge in [0.05, 0.1) is 0 Å². The highest BCUT2D eigenvalue weighted by atomic mass is 79.9. The van der Waals surface area contributed by atoms with Gasteiger partial charge in [0.15, 0.2) is 0 Å². The van der Waals surface area contributed by atoms with E-state index >= 15 is 0 Å². The van der Waals surface area contributed by atoms with Gasteiger partial charge in [0, 0.05) is 10.5 Å². The smallest absolute Gasteiger partial charge is 0.0302 e. The third-order valence-electron chi connectivity index (χ3n) is 1.88. The van der Waals surface area contributed by atoms with Crippen molar-refractivity contribution in [3.8, 4) is 0 Å². The van der Waals surface area contributed by atoms with Crippen molar-refractivity contribution in [2.24, 2.45) is 0 Å². The molecule has 2 heteroatoms. The van der Waals surface area contributed by atoms with Gasteiger partial charge in [-0.05, 0) is 25.1 Å². The molecule has 1 aromatic rings. The van der Waals surface area contributed by atoms with E-state index in [-0.39, 0.29) is 0 Å². The third-order valence-corrected chi connectivity index (χ3v) is 2.60. The fourth-order valence-electron chi connectivity index (χ4n) is 1.24. The van der Waals surface area contributed by atoms with E-state index in [1.165, 1.54) is 10.0 Å². The molecule has 0 bridgehead atoms. The van der Waals surface area contributed by atoms with Gasteiger partial charge in [0.2, 0.25) is 0 Å². The Morgan fingerprint density at radius 2 is 2.08 bits per heavy atom. The van der Waals surface area contributed by atoms with Gasteiger partial charge < -0.3 is 5.32 Å². The summed E-state index contributed by atoms with van der Waals surface area (Å²) in [5, 5.41) is 3.37. The van der Waals surface area contributed by atoms with E-state index in [4.69, 9.17) is 0 Å². The summed E-state index contributed by atoms with van der Waals surface area (Å²) < 4.78 is 1.18. The Morgan fingerprint density at radius 3 is 2.67 bits per heavy atom. The van der Waals surface area contributed by atoms with Gasteiger partial charge in [-0.25, -0.2) is 0 Å². The predicted molar refractivity (Wildman–Crippen MR) is 56.2 cm³/mol. The molecule has 1 rings (SSSR count). The van der Waals surface area contributed by atoms with Crippen molar-refractivity contribution in [1.29, 1.82) is 0 Å². The van der Waals surface area contributed by atoms with Crippen molar-refractivity contribution in [2.75, 3.05) is 6.54 Å². The fourth-order valence-corrected chi connectivity index (χ4v) is 1.87. The maximum atomic E-state index is 3.53. The summed E-state index contributed by atoms with van der Waals surface area (Å²) in [6.45, 7) is 5.29. The molecule has 0 amide bonds. The van der Waals surface area contributed by atoms with E-state index in [0.29, 0.717) is 6.04 Å². The maximum Gasteiger partial charge on any atom is 0.0302 e. The molecule has 0 saturated heterocycles. The maximum absolute atomic E-state index is 3.53. The molecule has 1 unspecified atom stereocenters. The van der Waals surface area contributed by atoms with Gasteiger partial charge in [0.1, 0.15) is 0 Å². The number of benzene rings is 1. The lowest BCUT2D eigenvalue weighted by Crippen LogP contribution is -2.17. The minimum absolute atomic E-state index is 0.422. The second kappa shape index (κ2) is 4.63. The second-order valence-corrected chi connectivity index (χ2v) is 3.66. The fraction of sp³-hybridized carbons (Fsp3) is 0.400. The second-order valence-electron chi connectivity index (χ2n) is 2.80. The van der Waals surface area contributed by atoms with Gasteiger partial charge in [-0.2, -0.15) is 0 Å². The topological polar surface area (TPSA) is 12.0 Å². The molecule has 0 spiro atoms. The summed E-state index contributed by atoms with van der Waals surface area (Å²) in [6.07, 6.45) is 0. The Bertz CT molecular complexity index is 247. The molecule has 1 nitrogen and oxygen atoms in total. The van der Waals surface area contributed by atoms with Crippen LogP contribution >= 0.6 is 15.9 Å². The standard InChI is InChI=1S/C10H14BrN/c1-3-12-8(2)9-6-4-5-7-10(9)11/h4-8,12H,3H2,1-2H3. The summed E-state index contributed by atoms with van der Waals surface area (Å²) in [6, 6.07) is 8.73. The Kier molecular flexibility index (Phi) is 3.76. The molecule has 0 heterocycles. The summed E-state index contributed by atoms with van der Waals surface area (Å²) in [5.41, 5.74) is 1.32. The van der Waals surface area contributed by atoms with Crippen LogP contribution in [0.4, 0.5) is 0 Å². The third kappa shape index (κ3) is 2.32. The first kappa shape index (κ1) is 9.75. The van der Waals surface area contributed by atoms with Gasteiger partial charge in [-0.1, -0.05) is 41.1 Å². The molecular formula is C10H14BrN. The lowest BCUT2D eigenvalue weighted by atomic mass is 10.1. The van der Waals surface area contributed by atoms with Crippen LogP contribution < -0.4 is 5.32 Å². The highest BCUT2D eigenvalue weighted by Crippen LogP contribution is 2.22. The molecule has 1 aromatic carbocycles. The Morgan fingerprint density at radius 1 is 1.42 bits per heavy atom. The monoisotopic (exact) mass is 227 g/mol. The molecule has 0 aliphatic heterocycles. The summed E-state index contributed by atoms with van der Waals surface area (Å²) >= 11 is 3.53. The summed E-state index contributed by atoms with van der Waals surface area (Å²) in [7, 11) is 0. The molecule has 66 valence electrons. The zero-order valence-electron chi connectivity index (χ0n) is 7.47. The van der Waals surface area contributed by atoms with E-state index in [1.807, 2.05) is 6.07 Å². The van der Waals surface area contributed by atoms with Crippen molar-refractivity contribution in [3.05, 3.63) is 34.3 Å². The molecule has 0 radical (unpaired) electrons. The van der Waals surface area contributed by atoms with Crippen molar-refractivity contribution < 1.29 is 0 Å². The quantitative estimate of drug-likeness (QED) is 0.838. The molecule has 1 N–H and O–H groups in total. The van der Waals surface area contributed by atoms with Gasteiger partial charge in [-0.3, -0.25) is 0 Å². The van der Waals surface area contributed by atoms with Crippen molar-refractivity contribution in [1.82, 2.24) is 5.32 Å². The Labute approximate surface area is 82.3 Å². The van der Waals surface area contributed by atoms with E-state index in [1.54, 1.807) is 0 Å². The normalized spacial score (nSPS) is 12.9. The van der Waals surface area contributed by atoms with Crippen LogP contribution in [0.3, 0.4) is 0 Å². The number of nitrogens with one attached hydrogen (secondary N) is 1. The average Bonchev–Trinajstić information content (AvgIpc) is 2.05. The minimum Gasteiger partial charge on any atom is -0.310 e. The molecule has 0 fully saturated rings. The molecule has 0 aliphatic rings. The molecule has 0 aliphatic carbocycles. The molecule has 12 heavy (non-hydrogen) atoms. The first-order valence-electron chi connectivity index (χ1n) is 4.23. The van der Waals surface area contributed by atoms with Crippen LogP contribution in [0, 0.1) is 0 Å². The van der Waals surface area contributed by atoms with E-state index in [0.717, 1.165) is 6.54 Å². The Hall–Kier alpha value is -0.340. The predicted octanol–water partition coefficient (Wildman–Crippen LogP) is 3.12. The van der Waals surface area contributed by atoms with Crippen molar-refractivity contribution in [2.45, 2.75) is 19.9 Å². The highest BCUT2D eigenvalue weighted by molar-refractivity contribution is 9.10. The lowest BCUT2D eigenvalue weighted by Gasteiger charge is -2.13. The van der Waals surface area contributed by atoms with E-state index in [9.17, 15) is 0 Å². The zero-order valence-corrected chi connectivity index (χ0v) is 9.06. The first-order valence-corrected chi connectivity index (χ1v) is 5.02. The van der Waals surface area contributed by atoms with Gasteiger partial charge in [-0.15, -0.1) is 0 Å². The number of halogens is 1. The SMILES string of the molecule is CCNC(C)c1ccccc1Br. The van der Waals surface area contributed by atoms with Gasteiger partial charge in [0.25, 0.3) is 0 Å². The van der Waals surface area contributed by atoms with Crippen molar-refractivity contribution in [3.63, 3.8) is 0 Å².